The van der Waals surface area contributed by atoms with Gasteiger partial charge in [-0.3, -0.25) is 0 Å². The lowest BCUT2D eigenvalue weighted by Crippen LogP contribution is -2.34. The first kappa shape index (κ1) is 15.4. The SMILES string of the molecule is C/C=C(C)\C=C/C(C)C(C)N(C)CCCC. The van der Waals surface area contributed by atoms with Crippen LogP contribution in [0, 0.1) is 5.92 Å². The molecule has 0 amide bonds. The van der Waals surface area contributed by atoms with E-state index in [2.05, 4.69) is 64.8 Å². The van der Waals surface area contributed by atoms with Crippen molar-refractivity contribution in [3.8, 4) is 0 Å². The van der Waals surface area contributed by atoms with E-state index in [0.29, 0.717) is 12.0 Å². The van der Waals surface area contributed by atoms with E-state index >= 15 is 0 Å². The number of nitrogens with zero attached hydrogens (tertiary/aromatic N) is 1. The van der Waals surface area contributed by atoms with E-state index in [1.807, 2.05) is 0 Å². The van der Waals surface area contributed by atoms with Gasteiger partial charge in [0.2, 0.25) is 0 Å². The lowest BCUT2D eigenvalue weighted by atomic mass is 10.0. The molecule has 0 aromatic carbocycles. The topological polar surface area (TPSA) is 3.24 Å². The summed E-state index contributed by atoms with van der Waals surface area (Å²) < 4.78 is 0. The summed E-state index contributed by atoms with van der Waals surface area (Å²) in [5.41, 5.74) is 1.34. The number of hydrogen-bond acceptors (Lipinski definition) is 1. The van der Waals surface area contributed by atoms with Crippen LogP contribution in [0.5, 0.6) is 0 Å². The van der Waals surface area contributed by atoms with Gasteiger partial charge in [0.25, 0.3) is 0 Å². The zero-order valence-electron chi connectivity index (χ0n) is 12.0. The highest BCUT2D eigenvalue weighted by Crippen LogP contribution is 2.12. The zero-order valence-corrected chi connectivity index (χ0v) is 12.0. The van der Waals surface area contributed by atoms with E-state index in [0.717, 1.165) is 0 Å². The summed E-state index contributed by atoms with van der Waals surface area (Å²) in [6.45, 7) is 12.3. The molecule has 0 aliphatic carbocycles. The van der Waals surface area contributed by atoms with Crippen molar-refractivity contribution < 1.29 is 0 Å². The third-order valence-corrected chi connectivity index (χ3v) is 3.44. The van der Waals surface area contributed by atoms with E-state index in [1.165, 1.54) is 25.0 Å². The van der Waals surface area contributed by atoms with Crippen molar-refractivity contribution in [3.05, 3.63) is 23.8 Å². The average molecular weight is 223 g/mol. The first-order valence-electron chi connectivity index (χ1n) is 6.54. The lowest BCUT2D eigenvalue weighted by Gasteiger charge is -2.28. The summed E-state index contributed by atoms with van der Waals surface area (Å²) in [5.74, 6) is 0.608. The molecule has 0 aromatic rings. The third kappa shape index (κ3) is 6.12. The van der Waals surface area contributed by atoms with E-state index in [9.17, 15) is 0 Å². The highest BCUT2D eigenvalue weighted by Gasteiger charge is 2.13. The Morgan fingerprint density at radius 1 is 1.31 bits per heavy atom. The summed E-state index contributed by atoms with van der Waals surface area (Å²) in [6.07, 6.45) is 9.27. The molecule has 0 aliphatic rings. The molecule has 16 heavy (non-hydrogen) atoms. The summed E-state index contributed by atoms with van der Waals surface area (Å²) >= 11 is 0. The second-order valence-corrected chi connectivity index (χ2v) is 4.83. The second-order valence-electron chi connectivity index (χ2n) is 4.83. The third-order valence-electron chi connectivity index (χ3n) is 3.44. The largest absolute Gasteiger partial charge is 0.303 e. The van der Waals surface area contributed by atoms with Gasteiger partial charge in [-0.15, -0.1) is 0 Å². The summed E-state index contributed by atoms with van der Waals surface area (Å²) in [6, 6.07) is 0.618. The molecule has 2 atom stereocenters. The Kier molecular flexibility index (Phi) is 8.28. The van der Waals surface area contributed by atoms with Crippen LogP contribution in [-0.2, 0) is 0 Å². The van der Waals surface area contributed by atoms with E-state index in [-0.39, 0.29) is 0 Å². The minimum absolute atomic E-state index is 0.608. The second kappa shape index (κ2) is 8.58. The average Bonchev–Trinajstić information content (AvgIpc) is 2.31. The fraction of sp³-hybridized carbons (Fsp3) is 0.733. The minimum atomic E-state index is 0.608. The van der Waals surface area contributed by atoms with Gasteiger partial charge in [-0.05, 0) is 46.7 Å². The maximum absolute atomic E-state index is 2.46. The molecule has 94 valence electrons. The highest BCUT2D eigenvalue weighted by atomic mass is 15.1. The van der Waals surface area contributed by atoms with Crippen molar-refractivity contribution in [1.29, 1.82) is 0 Å². The van der Waals surface area contributed by atoms with Gasteiger partial charge in [-0.25, -0.2) is 0 Å². The molecule has 0 saturated carbocycles. The van der Waals surface area contributed by atoms with Crippen molar-refractivity contribution in [2.75, 3.05) is 13.6 Å². The van der Waals surface area contributed by atoms with Crippen LogP contribution < -0.4 is 0 Å². The van der Waals surface area contributed by atoms with Crippen molar-refractivity contribution in [2.45, 2.75) is 53.5 Å². The van der Waals surface area contributed by atoms with Crippen LogP contribution in [-0.4, -0.2) is 24.5 Å². The first-order chi connectivity index (χ1) is 7.52. The van der Waals surface area contributed by atoms with Crippen LogP contribution in [0.15, 0.2) is 23.8 Å². The van der Waals surface area contributed by atoms with Crippen molar-refractivity contribution in [3.63, 3.8) is 0 Å². The van der Waals surface area contributed by atoms with Gasteiger partial charge in [0.1, 0.15) is 0 Å². The molecule has 0 spiro atoms. The van der Waals surface area contributed by atoms with Gasteiger partial charge in [0.15, 0.2) is 0 Å². The fourth-order valence-electron chi connectivity index (χ4n) is 1.57. The van der Waals surface area contributed by atoms with E-state index in [1.54, 1.807) is 0 Å². The Bertz CT molecular complexity index is 228. The number of allylic oxidation sites excluding steroid dienone is 3. The van der Waals surface area contributed by atoms with Gasteiger partial charge < -0.3 is 4.90 Å². The Hall–Kier alpha value is -0.560. The quantitative estimate of drug-likeness (QED) is 0.583. The van der Waals surface area contributed by atoms with Crippen LogP contribution in [0.25, 0.3) is 0 Å². The molecule has 0 rings (SSSR count). The molecule has 0 heterocycles. The Morgan fingerprint density at radius 2 is 1.94 bits per heavy atom. The normalized spacial score (nSPS) is 17.1. The number of rotatable bonds is 7. The molecule has 1 heteroatoms. The molecule has 0 saturated heterocycles. The number of unbranched alkanes of at least 4 members (excludes halogenated alkanes) is 1. The summed E-state index contributed by atoms with van der Waals surface area (Å²) in [4.78, 5) is 2.46. The monoisotopic (exact) mass is 223 g/mol. The predicted octanol–water partition coefficient (Wildman–Crippen LogP) is 4.27. The van der Waals surface area contributed by atoms with Gasteiger partial charge in [-0.2, -0.15) is 0 Å². The van der Waals surface area contributed by atoms with Crippen LogP contribution in [0.2, 0.25) is 0 Å². The highest BCUT2D eigenvalue weighted by molar-refractivity contribution is 5.15. The summed E-state index contributed by atoms with van der Waals surface area (Å²) in [5, 5.41) is 0. The zero-order chi connectivity index (χ0) is 12.6. The minimum Gasteiger partial charge on any atom is -0.303 e. The first-order valence-corrected chi connectivity index (χ1v) is 6.54. The number of hydrogen-bond donors (Lipinski definition) is 0. The molecular formula is C15H29N. The van der Waals surface area contributed by atoms with Gasteiger partial charge in [0, 0.05) is 6.04 Å². The van der Waals surface area contributed by atoms with Gasteiger partial charge >= 0.3 is 0 Å². The van der Waals surface area contributed by atoms with Crippen LogP contribution in [0.3, 0.4) is 0 Å². The molecular weight excluding hydrogens is 194 g/mol. The molecule has 0 bridgehead atoms. The fourth-order valence-corrected chi connectivity index (χ4v) is 1.57. The van der Waals surface area contributed by atoms with Crippen LogP contribution in [0.1, 0.15) is 47.5 Å². The van der Waals surface area contributed by atoms with Crippen LogP contribution in [0.4, 0.5) is 0 Å². The predicted molar refractivity (Wildman–Crippen MR) is 74.7 cm³/mol. The lowest BCUT2D eigenvalue weighted by molar-refractivity contribution is 0.218. The molecule has 2 unspecified atom stereocenters. The van der Waals surface area contributed by atoms with Crippen LogP contribution >= 0.6 is 0 Å². The molecule has 0 aromatic heterocycles. The van der Waals surface area contributed by atoms with Crippen molar-refractivity contribution >= 4 is 0 Å². The van der Waals surface area contributed by atoms with Crippen molar-refractivity contribution in [1.82, 2.24) is 4.90 Å². The maximum atomic E-state index is 2.46. The summed E-state index contributed by atoms with van der Waals surface area (Å²) in [7, 11) is 2.23. The molecule has 0 fully saturated rings. The smallest absolute Gasteiger partial charge is 0.0124 e. The molecule has 1 nitrogen and oxygen atoms in total. The maximum Gasteiger partial charge on any atom is 0.0124 e. The Morgan fingerprint density at radius 3 is 2.44 bits per heavy atom. The molecule has 0 aliphatic heterocycles. The molecule has 0 N–H and O–H groups in total. The van der Waals surface area contributed by atoms with Gasteiger partial charge in [-0.1, -0.05) is 44.1 Å². The van der Waals surface area contributed by atoms with Crippen molar-refractivity contribution in [2.24, 2.45) is 5.92 Å². The Labute approximate surface area is 102 Å². The van der Waals surface area contributed by atoms with E-state index < -0.39 is 0 Å². The van der Waals surface area contributed by atoms with E-state index in [4.69, 9.17) is 0 Å². The van der Waals surface area contributed by atoms with Gasteiger partial charge in [0.05, 0.1) is 0 Å². The standard InChI is InChI=1S/C15H29N/c1-7-9-12-16(6)15(5)14(4)11-10-13(3)8-2/h8,10-11,14-15H,7,9,12H2,1-6H3/b11-10-,13-8-. The Balaban J connectivity index is 4.16. The molecule has 0 radical (unpaired) electrons.